The van der Waals surface area contributed by atoms with Gasteiger partial charge in [0, 0.05) is 38.7 Å². The molecule has 1 aliphatic carbocycles. The molecule has 0 bridgehead atoms. The Hall–Kier alpha value is -1.55. The van der Waals surface area contributed by atoms with Crippen molar-refractivity contribution in [3.8, 4) is 0 Å². The Morgan fingerprint density at radius 3 is 2.77 bits per heavy atom. The summed E-state index contributed by atoms with van der Waals surface area (Å²) in [5, 5.41) is 3.54. The van der Waals surface area contributed by atoms with Crippen LogP contribution in [0.25, 0.3) is 0 Å². The monoisotopic (exact) mass is 355 g/mol. The number of nitrogens with one attached hydrogen (secondary N) is 1. The number of likely N-dealkylation sites (tertiary alicyclic amines) is 1. The minimum absolute atomic E-state index is 0.188. The first-order valence-electron chi connectivity index (χ1n) is 10.5. The second-order valence-electron chi connectivity index (χ2n) is 8.32. The maximum absolute atomic E-state index is 6.15. The molecule has 2 saturated heterocycles. The van der Waals surface area contributed by atoms with Gasteiger partial charge in [-0.25, -0.2) is 0 Å². The largest absolute Gasteiger partial charge is 0.373 e. The summed E-state index contributed by atoms with van der Waals surface area (Å²) in [5.41, 5.74) is 1.91. The van der Waals surface area contributed by atoms with Gasteiger partial charge in [-0.3, -0.25) is 4.99 Å². The van der Waals surface area contributed by atoms with Crippen molar-refractivity contribution in [1.29, 1.82) is 0 Å². The lowest BCUT2D eigenvalue weighted by atomic mass is 9.68. The lowest BCUT2D eigenvalue weighted by Crippen LogP contribution is -2.43. The second-order valence-corrected chi connectivity index (χ2v) is 8.32. The standard InChI is InChI=1S/C22H33N3O/c1-2-23-21(25-14-13-22(17-25)11-7-12-22)24-16-19-10-6-15-26-20(19)18-8-4-3-5-9-18/h3-5,8-9,19-20H,2,6-7,10-17H2,1H3,(H,23,24). The predicted molar refractivity (Wildman–Crippen MR) is 106 cm³/mol. The van der Waals surface area contributed by atoms with Crippen LogP contribution in [0.4, 0.5) is 0 Å². The molecule has 1 aromatic rings. The average Bonchev–Trinajstić information content (AvgIpc) is 3.12. The Morgan fingerprint density at radius 2 is 2.08 bits per heavy atom. The van der Waals surface area contributed by atoms with Gasteiger partial charge in [0.25, 0.3) is 0 Å². The highest BCUT2D eigenvalue weighted by molar-refractivity contribution is 5.80. The van der Waals surface area contributed by atoms with E-state index in [1.807, 2.05) is 0 Å². The third-order valence-corrected chi connectivity index (χ3v) is 6.54. The first kappa shape index (κ1) is 17.8. The Bertz CT molecular complexity index is 611. The molecule has 3 fully saturated rings. The third-order valence-electron chi connectivity index (χ3n) is 6.54. The number of rotatable bonds is 4. The Morgan fingerprint density at radius 1 is 1.23 bits per heavy atom. The molecule has 142 valence electrons. The summed E-state index contributed by atoms with van der Waals surface area (Å²) >= 11 is 0. The molecule has 1 N–H and O–H groups in total. The maximum Gasteiger partial charge on any atom is 0.193 e. The molecule has 2 aliphatic heterocycles. The Labute approximate surface area is 158 Å². The van der Waals surface area contributed by atoms with Gasteiger partial charge in [-0.05, 0) is 50.0 Å². The fraction of sp³-hybridized carbons (Fsp3) is 0.682. The smallest absolute Gasteiger partial charge is 0.193 e. The van der Waals surface area contributed by atoms with Gasteiger partial charge in [0.15, 0.2) is 5.96 Å². The highest BCUT2D eigenvalue weighted by Crippen LogP contribution is 2.47. The molecule has 2 atom stereocenters. The van der Waals surface area contributed by atoms with Crippen molar-refractivity contribution >= 4 is 5.96 Å². The van der Waals surface area contributed by atoms with Crippen LogP contribution in [0, 0.1) is 11.3 Å². The zero-order valence-electron chi connectivity index (χ0n) is 16.1. The van der Waals surface area contributed by atoms with Gasteiger partial charge >= 0.3 is 0 Å². The van der Waals surface area contributed by atoms with E-state index in [-0.39, 0.29) is 6.10 Å². The summed E-state index contributed by atoms with van der Waals surface area (Å²) in [6, 6.07) is 10.7. The van der Waals surface area contributed by atoms with Gasteiger partial charge in [-0.2, -0.15) is 0 Å². The van der Waals surface area contributed by atoms with Crippen molar-refractivity contribution in [1.82, 2.24) is 10.2 Å². The van der Waals surface area contributed by atoms with E-state index in [0.717, 1.165) is 38.6 Å². The average molecular weight is 356 g/mol. The van der Waals surface area contributed by atoms with Crippen LogP contribution in [0.2, 0.25) is 0 Å². The van der Waals surface area contributed by atoms with E-state index in [1.165, 1.54) is 44.2 Å². The number of benzene rings is 1. The second kappa shape index (κ2) is 7.99. The van der Waals surface area contributed by atoms with E-state index in [4.69, 9.17) is 9.73 Å². The third kappa shape index (κ3) is 3.75. The van der Waals surface area contributed by atoms with E-state index in [2.05, 4.69) is 47.5 Å². The van der Waals surface area contributed by atoms with Crippen LogP contribution in [0.1, 0.15) is 57.1 Å². The summed E-state index contributed by atoms with van der Waals surface area (Å²) in [7, 11) is 0. The van der Waals surface area contributed by atoms with Crippen LogP contribution >= 0.6 is 0 Å². The topological polar surface area (TPSA) is 36.9 Å². The molecule has 26 heavy (non-hydrogen) atoms. The molecule has 1 saturated carbocycles. The van der Waals surface area contributed by atoms with Gasteiger partial charge in [0.1, 0.15) is 0 Å². The number of hydrogen-bond acceptors (Lipinski definition) is 2. The lowest BCUT2D eigenvalue weighted by molar-refractivity contribution is -0.0250. The molecule has 2 unspecified atom stereocenters. The zero-order chi connectivity index (χ0) is 17.8. The summed E-state index contributed by atoms with van der Waals surface area (Å²) < 4.78 is 6.15. The van der Waals surface area contributed by atoms with Gasteiger partial charge < -0.3 is 15.0 Å². The zero-order valence-corrected chi connectivity index (χ0v) is 16.1. The molecule has 0 radical (unpaired) electrons. The van der Waals surface area contributed by atoms with E-state index in [1.54, 1.807) is 0 Å². The molecule has 1 aromatic carbocycles. The van der Waals surface area contributed by atoms with E-state index in [0.29, 0.717) is 11.3 Å². The van der Waals surface area contributed by atoms with E-state index in [9.17, 15) is 0 Å². The first-order chi connectivity index (χ1) is 12.8. The normalized spacial score (nSPS) is 28.2. The van der Waals surface area contributed by atoms with E-state index >= 15 is 0 Å². The van der Waals surface area contributed by atoms with Crippen LogP contribution in [-0.2, 0) is 4.74 Å². The van der Waals surface area contributed by atoms with Crippen molar-refractivity contribution in [2.45, 2.75) is 51.6 Å². The number of hydrogen-bond donors (Lipinski definition) is 1. The Balaban J connectivity index is 1.44. The molecular weight excluding hydrogens is 322 g/mol. The number of aliphatic imine (C=N–C) groups is 1. The number of ether oxygens (including phenoxy) is 1. The maximum atomic E-state index is 6.15. The summed E-state index contributed by atoms with van der Waals surface area (Å²) in [4.78, 5) is 7.57. The van der Waals surface area contributed by atoms with Crippen molar-refractivity contribution in [3.63, 3.8) is 0 Å². The van der Waals surface area contributed by atoms with Crippen LogP contribution < -0.4 is 5.32 Å². The van der Waals surface area contributed by atoms with Gasteiger partial charge in [0.05, 0.1) is 6.10 Å². The van der Waals surface area contributed by atoms with Crippen LogP contribution in [0.5, 0.6) is 0 Å². The van der Waals surface area contributed by atoms with Gasteiger partial charge in [0.2, 0.25) is 0 Å². The van der Waals surface area contributed by atoms with E-state index < -0.39 is 0 Å². The molecule has 4 nitrogen and oxygen atoms in total. The number of nitrogens with zero attached hydrogens (tertiary/aromatic N) is 2. The van der Waals surface area contributed by atoms with Crippen molar-refractivity contribution in [3.05, 3.63) is 35.9 Å². The minimum Gasteiger partial charge on any atom is -0.373 e. The van der Waals surface area contributed by atoms with Crippen molar-refractivity contribution in [2.75, 3.05) is 32.8 Å². The molecule has 0 aromatic heterocycles. The fourth-order valence-corrected chi connectivity index (χ4v) is 4.87. The molecule has 0 amide bonds. The number of guanidine groups is 1. The van der Waals surface area contributed by atoms with Gasteiger partial charge in [-0.15, -0.1) is 0 Å². The predicted octanol–water partition coefficient (Wildman–Crippen LogP) is 4.00. The molecule has 1 spiro atoms. The highest BCUT2D eigenvalue weighted by Gasteiger charge is 2.43. The summed E-state index contributed by atoms with van der Waals surface area (Å²) in [6.07, 6.45) is 8.12. The fourth-order valence-electron chi connectivity index (χ4n) is 4.87. The van der Waals surface area contributed by atoms with Gasteiger partial charge in [-0.1, -0.05) is 36.8 Å². The molecular formula is C22H33N3O. The SMILES string of the molecule is CCNC(=NCC1CCCOC1c1ccccc1)N1CCC2(CCC2)C1. The van der Waals surface area contributed by atoms with Crippen molar-refractivity contribution < 1.29 is 4.74 Å². The molecule has 2 heterocycles. The van der Waals surface area contributed by atoms with Crippen molar-refractivity contribution in [2.24, 2.45) is 16.3 Å². The Kier molecular flexibility index (Phi) is 5.49. The highest BCUT2D eigenvalue weighted by atomic mass is 16.5. The quantitative estimate of drug-likeness (QED) is 0.655. The van der Waals surface area contributed by atoms with Crippen LogP contribution in [-0.4, -0.2) is 43.6 Å². The molecule has 3 aliphatic rings. The summed E-state index contributed by atoms with van der Waals surface area (Å²) in [6.45, 7) is 7.18. The minimum atomic E-state index is 0.188. The molecule has 4 heteroatoms. The summed E-state index contributed by atoms with van der Waals surface area (Å²) in [5.74, 6) is 1.59. The molecule has 4 rings (SSSR count). The van der Waals surface area contributed by atoms with Crippen LogP contribution in [0.15, 0.2) is 35.3 Å². The lowest BCUT2D eigenvalue weighted by Gasteiger charge is -2.38. The first-order valence-corrected chi connectivity index (χ1v) is 10.5. The van der Waals surface area contributed by atoms with Crippen LogP contribution in [0.3, 0.4) is 0 Å².